The number of thioether (sulfide) groups is 1. The molecule has 0 fully saturated rings. The lowest BCUT2D eigenvalue weighted by molar-refractivity contribution is 0.0958. The number of amides is 1. The average Bonchev–Trinajstić information content (AvgIpc) is 2.86. The SMILES string of the molecule is C=C/C(=C\C=C(/N)OCCO)c1c(C#N)c(N)nc(SCc2ccnc(C(=O)NC)c2)c1C#N. The second-order valence-corrected chi connectivity index (χ2v) is 7.50. The van der Waals surface area contributed by atoms with Crippen LogP contribution >= 0.6 is 11.8 Å². The van der Waals surface area contributed by atoms with Gasteiger partial charge in [-0.15, -0.1) is 11.8 Å². The molecule has 2 aromatic heterocycles. The van der Waals surface area contributed by atoms with Gasteiger partial charge in [-0.1, -0.05) is 12.7 Å². The summed E-state index contributed by atoms with van der Waals surface area (Å²) in [5.41, 5.74) is 13.7. The van der Waals surface area contributed by atoms with Gasteiger partial charge in [-0.2, -0.15) is 10.5 Å². The van der Waals surface area contributed by atoms with E-state index in [0.29, 0.717) is 16.4 Å². The number of nitrogen functional groups attached to an aromatic ring is 1. The molecule has 6 N–H and O–H groups in total. The van der Waals surface area contributed by atoms with Crippen LogP contribution < -0.4 is 16.8 Å². The number of allylic oxidation sites excluding steroid dienone is 4. The molecule has 0 radical (unpaired) electrons. The number of hydrogen-bond donors (Lipinski definition) is 4. The second-order valence-electron chi connectivity index (χ2n) is 6.54. The fraction of sp³-hybridized carbons (Fsp3) is 0.174. The number of pyridine rings is 2. The largest absolute Gasteiger partial charge is 0.477 e. The minimum atomic E-state index is -0.316. The minimum absolute atomic E-state index is 0.0200. The van der Waals surface area contributed by atoms with Gasteiger partial charge in [0.2, 0.25) is 0 Å². The molecular formula is C23H23N7O3S. The molecule has 0 aliphatic carbocycles. The number of aromatic nitrogens is 2. The first kappa shape index (κ1) is 25.9. The van der Waals surface area contributed by atoms with E-state index < -0.39 is 0 Å². The molecule has 0 saturated heterocycles. The van der Waals surface area contributed by atoms with Crippen LogP contribution in [0.3, 0.4) is 0 Å². The highest BCUT2D eigenvalue weighted by Crippen LogP contribution is 2.34. The predicted octanol–water partition coefficient (Wildman–Crippen LogP) is 1.83. The van der Waals surface area contributed by atoms with E-state index in [1.807, 2.05) is 6.07 Å². The molecule has 2 aromatic rings. The van der Waals surface area contributed by atoms with E-state index in [0.717, 1.165) is 5.56 Å². The summed E-state index contributed by atoms with van der Waals surface area (Å²) >= 11 is 1.23. The number of anilines is 1. The summed E-state index contributed by atoms with van der Waals surface area (Å²) in [6.07, 6.45) is 5.93. The summed E-state index contributed by atoms with van der Waals surface area (Å²) in [6.45, 7) is 3.58. The molecule has 0 aliphatic heterocycles. The zero-order chi connectivity index (χ0) is 25.1. The number of carbonyl (C=O) groups is 1. The topological polar surface area (TPSA) is 184 Å². The van der Waals surface area contributed by atoms with Crippen LogP contribution in [0.25, 0.3) is 5.57 Å². The van der Waals surface area contributed by atoms with Crippen LogP contribution in [0.15, 0.2) is 54.0 Å². The van der Waals surface area contributed by atoms with Crippen LogP contribution in [0.5, 0.6) is 0 Å². The van der Waals surface area contributed by atoms with E-state index in [9.17, 15) is 15.3 Å². The Balaban J connectivity index is 2.51. The van der Waals surface area contributed by atoms with Crippen LogP contribution in [0.4, 0.5) is 5.82 Å². The molecule has 2 heterocycles. The van der Waals surface area contributed by atoms with Gasteiger partial charge in [0.15, 0.2) is 5.88 Å². The lowest BCUT2D eigenvalue weighted by Crippen LogP contribution is -2.19. The Morgan fingerprint density at radius 2 is 2.09 bits per heavy atom. The van der Waals surface area contributed by atoms with Crippen molar-refractivity contribution in [2.45, 2.75) is 10.8 Å². The lowest BCUT2D eigenvalue weighted by atomic mass is 9.96. The van der Waals surface area contributed by atoms with Crippen molar-refractivity contribution in [3.63, 3.8) is 0 Å². The van der Waals surface area contributed by atoms with Crippen LogP contribution in [0.2, 0.25) is 0 Å². The van der Waals surface area contributed by atoms with Crippen molar-refractivity contribution in [1.29, 1.82) is 10.5 Å². The minimum Gasteiger partial charge on any atom is -0.477 e. The molecule has 0 unspecified atom stereocenters. The first-order valence-electron chi connectivity index (χ1n) is 9.87. The highest BCUT2D eigenvalue weighted by atomic mass is 32.2. The predicted molar refractivity (Wildman–Crippen MR) is 129 cm³/mol. The van der Waals surface area contributed by atoms with Gasteiger partial charge in [0.05, 0.1) is 12.2 Å². The van der Waals surface area contributed by atoms with E-state index in [4.69, 9.17) is 21.3 Å². The monoisotopic (exact) mass is 477 g/mol. The summed E-state index contributed by atoms with van der Waals surface area (Å²) in [6, 6.07) is 7.49. The molecule has 174 valence electrons. The van der Waals surface area contributed by atoms with E-state index in [2.05, 4.69) is 27.9 Å². The number of nitrogens with two attached hydrogens (primary N) is 2. The Kier molecular flexibility index (Phi) is 9.65. The summed E-state index contributed by atoms with van der Waals surface area (Å²) in [5, 5.41) is 31.3. The molecule has 0 saturated carbocycles. The van der Waals surface area contributed by atoms with Crippen molar-refractivity contribution in [2.75, 3.05) is 26.0 Å². The molecule has 11 heteroatoms. The van der Waals surface area contributed by atoms with Gasteiger partial charge >= 0.3 is 0 Å². The van der Waals surface area contributed by atoms with Crippen molar-refractivity contribution in [3.05, 3.63) is 77.0 Å². The van der Waals surface area contributed by atoms with Gasteiger partial charge in [-0.05, 0) is 35.4 Å². The van der Waals surface area contributed by atoms with E-state index in [-0.39, 0.29) is 53.2 Å². The number of ether oxygens (including phenoxy) is 1. The lowest BCUT2D eigenvalue weighted by Gasteiger charge is -2.13. The highest BCUT2D eigenvalue weighted by Gasteiger charge is 2.21. The normalized spacial score (nSPS) is 11.3. The molecular weight excluding hydrogens is 454 g/mol. The van der Waals surface area contributed by atoms with Gasteiger partial charge in [-0.25, -0.2) is 4.98 Å². The Morgan fingerprint density at radius 3 is 2.71 bits per heavy atom. The Hall–Kier alpha value is -4.32. The van der Waals surface area contributed by atoms with Crippen LogP contribution in [-0.2, 0) is 10.5 Å². The number of nitriles is 2. The zero-order valence-electron chi connectivity index (χ0n) is 18.4. The van der Waals surface area contributed by atoms with Gasteiger partial charge in [-0.3, -0.25) is 9.78 Å². The van der Waals surface area contributed by atoms with Gasteiger partial charge in [0.25, 0.3) is 5.91 Å². The Labute approximate surface area is 201 Å². The average molecular weight is 478 g/mol. The number of rotatable bonds is 10. The highest BCUT2D eigenvalue weighted by molar-refractivity contribution is 7.98. The summed E-state index contributed by atoms with van der Waals surface area (Å²) in [5.74, 6) is 0.0461. The van der Waals surface area contributed by atoms with E-state index >= 15 is 0 Å². The molecule has 0 atom stereocenters. The number of aliphatic hydroxyl groups excluding tert-OH is 1. The molecule has 34 heavy (non-hydrogen) atoms. The van der Waals surface area contributed by atoms with Crippen molar-refractivity contribution in [2.24, 2.45) is 5.73 Å². The molecule has 1 amide bonds. The fourth-order valence-corrected chi connectivity index (χ4v) is 3.73. The number of nitrogens with one attached hydrogen (secondary N) is 1. The second kappa shape index (κ2) is 12.6. The maximum absolute atomic E-state index is 11.8. The van der Waals surface area contributed by atoms with E-state index in [1.165, 1.54) is 43.2 Å². The summed E-state index contributed by atoms with van der Waals surface area (Å²) < 4.78 is 5.11. The quantitative estimate of drug-likeness (QED) is 0.223. The smallest absolute Gasteiger partial charge is 0.269 e. The Bertz CT molecular complexity index is 1230. The maximum atomic E-state index is 11.8. The fourth-order valence-electron chi connectivity index (χ4n) is 2.80. The summed E-state index contributed by atoms with van der Waals surface area (Å²) in [4.78, 5) is 20.1. The zero-order valence-corrected chi connectivity index (χ0v) is 19.2. The van der Waals surface area contributed by atoms with Crippen LogP contribution in [-0.4, -0.2) is 41.2 Å². The third-order valence-corrected chi connectivity index (χ3v) is 5.42. The number of aliphatic hydroxyl groups is 1. The maximum Gasteiger partial charge on any atom is 0.269 e. The molecule has 0 spiro atoms. The van der Waals surface area contributed by atoms with Crippen molar-refractivity contribution >= 4 is 29.1 Å². The van der Waals surface area contributed by atoms with Crippen LogP contribution in [0, 0.1) is 22.7 Å². The third-order valence-electron chi connectivity index (χ3n) is 4.37. The van der Waals surface area contributed by atoms with Gasteiger partial charge < -0.3 is 26.6 Å². The summed E-state index contributed by atoms with van der Waals surface area (Å²) in [7, 11) is 1.52. The first-order valence-corrected chi connectivity index (χ1v) is 10.9. The molecule has 0 aliphatic rings. The van der Waals surface area contributed by atoms with Gasteiger partial charge in [0, 0.05) is 24.6 Å². The Morgan fingerprint density at radius 1 is 1.35 bits per heavy atom. The van der Waals surface area contributed by atoms with Crippen molar-refractivity contribution in [3.8, 4) is 12.1 Å². The first-order chi connectivity index (χ1) is 16.4. The molecule has 0 bridgehead atoms. The van der Waals surface area contributed by atoms with Crippen LogP contribution in [0.1, 0.15) is 32.7 Å². The van der Waals surface area contributed by atoms with E-state index in [1.54, 1.807) is 12.1 Å². The molecule has 0 aromatic carbocycles. The van der Waals surface area contributed by atoms with Crippen molar-refractivity contribution in [1.82, 2.24) is 15.3 Å². The molecule has 10 nitrogen and oxygen atoms in total. The third kappa shape index (κ3) is 6.36. The molecule has 2 rings (SSSR count). The number of carbonyl (C=O) groups excluding carboxylic acids is 1. The van der Waals surface area contributed by atoms with Gasteiger partial charge in [0.1, 0.15) is 40.8 Å². The number of hydrogen-bond acceptors (Lipinski definition) is 10. The standard InChI is InChI=1S/C23H23N7O3S/c1-3-15(4-5-19(26)33-9-8-31)20-16(11-24)21(27)30-23(17(20)12-25)34-13-14-6-7-29-18(10-14)22(32)28-2/h3-7,10,31H,1,8-9,13,26H2,2H3,(H2,27,30)(H,28,32)/b15-4+,19-5+. The van der Waals surface area contributed by atoms with Crippen molar-refractivity contribution < 1.29 is 14.6 Å². The number of nitrogens with zero attached hydrogens (tertiary/aromatic N) is 4.